The van der Waals surface area contributed by atoms with E-state index in [1.807, 2.05) is 0 Å². The molecule has 0 atom stereocenters. The quantitative estimate of drug-likeness (QED) is 0.348. The van der Waals surface area contributed by atoms with E-state index < -0.39 is 50.5 Å². The van der Waals surface area contributed by atoms with Crippen molar-refractivity contribution in [1.82, 2.24) is 4.72 Å². The summed E-state index contributed by atoms with van der Waals surface area (Å²) in [6.45, 7) is 6.33. The molecule has 0 aromatic heterocycles. The van der Waals surface area contributed by atoms with E-state index in [1.165, 1.54) is 30.4 Å². The van der Waals surface area contributed by atoms with Crippen molar-refractivity contribution in [3.63, 3.8) is 0 Å². The van der Waals surface area contributed by atoms with Gasteiger partial charge >= 0.3 is 0 Å². The highest BCUT2D eigenvalue weighted by Gasteiger charge is 2.33. The molecule has 1 aromatic carbocycles. The fourth-order valence-corrected chi connectivity index (χ4v) is 2.74. The molecule has 0 saturated heterocycles. The molecule has 0 spiro atoms. The topological polar surface area (TPSA) is 46.2 Å². The lowest BCUT2D eigenvalue weighted by Gasteiger charge is -2.10. The normalized spacial score (nSPS) is 12.6. The molecule has 0 unspecified atom stereocenters. The minimum atomic E-state index is -5.00. The Morgan fingerprint density at radius 2 is 1.42 bits per heavy atom. The summed E-state index contributed by atoms with van der Waals surface area (Å²) in [5.74, 6) is -12.0. The van der Waals surface area contributed by atoms with Crippen LogP contribution in [-0.4, -0.2) is 15.0 Å². The van der Waals surface area contributed by atoms with Gasteiger partial charge in [0.05, 0.1) is 0 Å². The van der Waals surface area contributed by atoms with Crippen LogP contribution < -0.4 is 4.72 Å². The zero-order valence-corrected chi connectivity index (χ0v) is 12.9. The summed E-state index contributed by atoms with van der Waals surface area (Å²) < 4.78 is 92.0. The fourth-order valence-electron chi connectivity index (χ4n) is 1.59. The molecule has 0 saturated carbocycles. The van der Waals surface area contributed by atoms with Crippen LogP contribution in [0.1, 0.15) is 0 Å². The van der Waals surface area contributed by atoms with Crippen molar-refractivity contribution in [2.24, 2.45) is 0 Å². The molecule has 0 radical (unpaired) electrons. The van der Waals surface area contributed by atoms with Crippen LogP contribution >= 0.6 is 0 Å². The van der Waals surface area contributed by atoms with Crippen molar-refractivity contribution >= 4 is 10.0 Å². The first-order chi connectivity index (χ1) is 11.2. The third-order valence-electron chi connectivity index (χ3n) is 2.68. The van der Waals surface area contributed by atoms with Crippen LogP contribution in [0.15, 0.2) is 54.0 Å². The molecular weight excluding hydrogens is 353 g/mol. The standard InChI is InChI=1S/C15H12F5NO2S/c1-3-5-7-9(6-4-2)8-21-24(22,23)15-13(19)11(17)10(16)12(18)14(15)20/h3-7,21H,1-2,8H2/b7-5-,9-6+. The van der Waals surface area contributed by atoms with E-state index in [-0.39, 0.29) is 0 Å². The summed E-state index contributed by atoms with van der Waals surface area (Å²) in [6.07, 6.45) is 6.93. The van der Waals surface area contributed by atoms with Gasteiger partial charge in [-0.15, -0.1) is 0 Å². The fraction of sp³-hybridized carbons (Fsp3) is 0.0667. The van der Waals surface area contributed by atoms with Crippen LogP contribution in [0.3, 0.4) is 0 Å². The van der Waals surface area contributed by atoms with Gasteiger partial charge in [0.15, 0.2) is 28.2 Å². The summed E-state index contributed by atoms with van der Waals surface area (Å²) in [7, 11) is -5.00. The largest absolute Gasteiger partial charge is 0.246 e. The second kappa shape index (κ2) is 8.02. The number of rotatable bonds is 7. The van der Waals surface area contributed by atoms with Crippen molar-refractivity contribution in [2.45, 2.75) is 4.90 Å². The summed E-state index contributed by atoms with van der Waals surface area (Å²) in [4.78, 5) is -1.94. The Balaban J connectivity index is 3.28. The molecule has 3 nitrogen and oxygen atoms in total. The molecule has 0 aliphatic heterocycles. The molecule has 1 N–H and O–H groups in total. The lowest BCUT2D eigenvalue weighted by atomic mass is 10.2. The van der Waals surface area contributed by atoms with E-state index in [2.05, 4.69) is 13.2 Å². The highest BCUT2D eigenvalue weighted by Crippen LogP contribution is 2.26. The van der Waals surface area contributed by atoms with Crippen molar-refractivity contribution in [3.05, 3.63) is 78.2 Å². The molecule has 0 aliphatic carbocycles. The van der Waals surface area contributed by atoms with Crippen LogP contribution in [0, 0.1) is 29.1 Å². The Hall–Kier alpha value is -2.26. The summed E-state index contributed by atoms with van der Waals surface area (Å²) in [5, 5.41) is 0. The van der Waals surface area contributed by atoms with Gasteiger partial charge in [-0.1, -0.05) is 43.5 Å². The van der Waals surface area contributed by atoms with E-state index in [4.69, 9.17) is 0 Å². The number of benzene rings is 1. The second-order valence-corrected chi connectivity index (χ2v) is 6.00. The zero-order chi connectivity index (χ0) is 18.5. The average Bonchev–Trinajstić information content (AvgIpc) is 2.53. The molecule has 0 heterocycles. The molecule has 9 heteroatoms. The van der Waals surface area contributed by atoms with Crippen molar-refractivity contribution in [3.8, 4) is 0 Å². The van der Waals surface area contributed by atoms with Crippen molar-refractivity contribution in [1.29, 1.82) is 0 Å². The summed E-state index contributed by atoms with van der Waals surface area (Å²) in [5.41, 5.74) is 0.303. The van der Waals surface area contributed by atoms with E-state index >= 15 is 0 Å². The number of halogens is 5. The van der Waals surface area contributed by atoms with Crippen LogP contribution in [-0.2, 0) is 10.0 Å². The number of hydrogen-bond acceptors (Lipinski definition) is 2. The van der Waals surface area contributed by atoms with Gasteiger partial charge in [-0.3, -0.25) is 0 Å². The Kier molecular flexibility index (Phi) is 6.61. The molecular formula is C15H12F5NO2S. The van der Waals surface area contributed by atoms with E-state index in [0.717, 1.165) is 0 Å². The minimum Gasteiger partial charge on any atom is -0.207 e. The number of sulfonamides is 1. The van der Waals surface area contributed by atoms with E-state index in [9.17, 15) is 30.4 Å². The third-order valence-corrected chi connectivity index (χ3v) is 4.10. The van der Waals surface area contributed by atoms with Gasteiger partial charge in [0.1, 0.15) is 0 Å². The molecule has 1 aromatic rings. The van der Waals surface area contributed by atoms with Crippen LogP contribution in [0.2, 0.25) is 0 Å². The smallest absolute Gasteiger partial charge is 0.207 e. The first-order valence-electron chi connectivity index (χ1n) is 6.29. The zero-order valence-electron chi connectivity index (χ0n) is 12.1. The lowest BCUT2D eigenvalue weighted by Crippen LogP contribution is -2.28. The number of hydrogen-bond donors (Lipinski definition) is 1. The summed E-state index contributed by atoms with van der Waals surface area (Å²) >= 11 is 0. The molecule has 0 fully saturated rings. The SMILES string of the molecule is C=C/C=C\C(=C/C=C)CNS(=O)(=O)c1c(F)c(F)c(F)c(F)c1F. The predicted octanol–water partition coefficient (Wildman–Crippen LogP) is 3.52. The highest BCUT2D eigenvalue weighted by molar-refractivity contribution is 7.89. The van der Waals surface area contributed by atoms with Gasteiger partial charge in [0.25, 0.3) is 0 Å². The van der Waals surface area contributed by atoms with Gasteiger partial charge in [-0.25, -0.2) is 35.1 Å². The molecule has 0 aliphatic rings. The van der Waals surface area contributed by atoms with Crippen LogP contribution in [0.4, 0.5) is 22.0 Å². The average molecular weight is 365 g/mol. The van der Waals surface area contributed by atoms with Gasteiger partial charge < -0.3 is 0 Å². The molecule has 24 heavy (non-hydrogen) atoms. The van der Waals surface area contributed by atoms with E-state index in [0.29, 0.717) is 5.57 Å². The first-order valence-corrected chi connectivity index (χ1v) is 7.77. The van der Waals surface area contributed by atoms with Crippen molar-refractivity contribution in [2.75, 3.05) is 6.54 Å². The van der Waals surface area contributed by atoms with Crippen molar-refractivity contribution < 1.29 is 30.4 Å². The Morgan fingerprint density at radius 3 is 1.88 bits per heavy atom. The molecule has 0 amide bonds. The monoisotopic (exact) mass is 365 g/mol. The van der Waals surface area contributed by atoms with Gasteiger partial charge in [-0.05, 0) is 5.57 Å². The molecule has 1 rings (SSSR count). The predicted molar refractivity (Wildman–Crippen MR) is 79.0 cm³/mol. The Bertz CT molecular complexity index is 800. The van der Waals surface area contributed by atoms with Crippen LogP contribution in [0.5, 0.6) is 0 Å². The second-order valence-electron chi connectivity index (χ2n) is 4.30. The highest BCUT2D eigenvalue weighted by atomic mass is 32.2. The lowest BCUT2D eigenvalue weighted by molar-refractivity contribution is 0.357. The Morgan fingerprint density at radius 1 is 0.917 bits per heavy atom. The van der Waals surface area contributed by atoms with Gasteiger partial charge in [-0.2, -0.15) is 0 Å². The number of allylic oxidation sites excluding steroid dienone is 4. The maximum atomic E-state index is 13.6. The van der Waals surface area contributed by atoms with Gasteiger partial charge in [0.2, 0.25) is 15.8 Å². The van der Waals surface area contributed by atoms with E-state index in [1.54, 1.807) is 4.72 Å². The van der Waals surface area contributed by atoms with Crippen LogP contribution in [0.25, 0.3) is 0 Å². The maximum absolute atomic E-state index is 13.6. The Labute approximate surface area is 135 Å². The minimum absolute atomic E-state index is 0.303. The third kappa shape index (κ3) is 4.18. The van der Waals surface area contributed by atoms with Gasteiger partial charge in [0, 0.05) is 6.54 Å². The number of nitrogens with one attached hydrogen (secondary N) is 1. The first kappa shape index (κ1) is 19.8. The molecule has 130 valence electrons. The molecule has 0 bridgehead atoms. The summed E-state index contributed by atoms with van der Waals surface area (Å²) in [6, 6.07) is 0. The maximum Gasteiger partial charge on any atom is 0.246 e.